The van der Waals surface area contributed by atoms with Crippen LogP contribution in [-0.2, 0) is 9.84 Å². The summed E-state index contributed by atoms with van der Waals surface area (Å²) in [5.74, 6) is -1.34. The Hall–Kier alpha value is -1.50. The number of nitro benzene ring substituents is 1. The predicted molar refractivity (Wildman–Crippen MR) is 50.8 cm³/mol. The van der Waals surface area contributed by atoms with Crippen LogP contribution in [0.15, 0.2) is 23.1 Å². The molecule has 0 atom stereocenters. The Bertz CT molecular complexity index is 497. The molecule has 82 valence electrons. The van der Waals surface area contributed by atoms with Crippen LogP contribution in [0.25, 0.3) is 0 Å². The molecule has 0 aliphatic rings. The van der Waals surface area contributed by atoms with Crippen LogP contribution >= 0.6 is 0 Å². The van der Waals surface area contributed by atoms with Crippen molar-refractivity contribution in [3.05, 3.63) is 34.1 Å². The zero-order chi connectivity index (χ0) is 11.6. The van der Waals surface area contributed by atoms with Crippen LogP contribution in [0.4, 0.5) is 10.1 Å². The van der Waals surface area contributed by atoms with Gasteiger partial charge in [-0.15, -0.1) is 0 Å². The highest BCUT2D eigenvalue weighted by Gasteiger charge is 2.19. The van der Waals surface area contributed by atoms with Crippen molar-refractivity contribution < 1.29 is 17.7 Å². The maximum absolute atomic E-state index is 13.2. The quantitative estimate of drug-likeness (QED) is 0.585. The molecule has 1 aromatic rings. The van der Waals surface area contributed by atoms with Gasteiger partial charge in [0.05, 0.1) is 16.7 Å². The molecule has 0 fully saturated rings. The maximum atomic E-state index is 13.2. The zero-order valence-corrected chi connectivity index (χ0v) is 8.62. The van der Waals surface area contributed by atoms with Crippen molar-refractivity contribution in [1.82, 2.24) is 0 Å². The van der Waals surface area contributed by atoms with E-state index in [-0.39, 0.29) is 5.75 Å². The monoisotopic (exact) mass is 233 g/mol. The number of halogens is 1. The number of non-ortho nitro benzene ring substituents is 1. The van der Waals surface area contributed by atoms with Crippen LogP contribution in [0.3, 0.4) is 0 Å². The highest BCUT2D eigenvalue weighted by molar-refractivity contribution is 7.91. The first-order valence-corrected chi connectivity index (χ1v) is 5.70. The predicted octanol–water partition coefficient (Wildman–Crippen LogP) is 1.53. The third-order valence-electron chi connectivity index (χ3n) is 1.84. The molecule has 0 saturated carbocycles. The molecular formula is C8H8FNO4S. The summed E-state index contributed by atoms with van der Waals surface area (Å²) in [7, 11) is -3.67. The first-order chi connectivity index (χ1) is 6.88. The van der Waals surface area contributed by atoms with Gasteiger partial charge in [0.1, 0.15) is 10.7 Å². The molecule has 15 heavy (non-hydrogen) atoms. The topological polar surface area (TPSA) is 77.3 Å². The van der Waals surface area contributed by atoms with Crippen molar-refractivity contribution >= 4 is 15.5 Å². The Kier molecular flexibility index (Phi) is 3.04. The molecule has 1 rings (SSSR count). The van der Waals surface area contributed by atoms with Gasteiger partial charge >= 0.3 is 0 Å². The molecule has 0 N–H and O–H groups in total. The van der Waals surface area contributed by atoms with Crippen LogP contribution in [-0.4, -0.2) is 19.1 Å². The number of nitro groups is 1. The molecule has 7 heteroatoms. The van der Waals surface area contributed by atoms with Crippen molar-refractivity contribution in [1.29, 1.82) is 0 Å². The fourth-order valence-corrected chi connectivity index (χ4v) is 1.95. The van der Waals surface area contributed by atoms with Crippen LogP contribution in [0.2, 0.25) is 0 Å². The van der Waals surface area contributed by atoms with Crippen molar-refractivity contribution in [2.45, 2.75) is 11.8 Å². The van der Waals surface area contributed by atoms with Gasteiger partial charge in [0.15, 0.2) is 9.84 Å². The molecule has 0 aromatic heterocycles. The third kappa shape index (κ3) is 2.30. The van der Waals surface area contributed by atoms with E-state index in [1.54, 1.807) is 0 Å². The number of sulfone groups is 1. The van der Waals surface area contributed by atoms with Gasteiger partial charge in [-0.2, -0.15) is 0 Å². The Morgan fingerprint density at radius 1 is 1.47 bits per heavy atom. The smallest absolute Gasteiger partial charge is 0.258 e. The fraction of sp³-hybridized carbons (Fsp3) is 0.250. The number of hydrogen-bond donors (Lipinski definition) is 0. The molecule has 0 heterocycles. The lowest BCUT2D eigenvalue weighted by Crippen LogP contribution is -2.06. The molecule has 5 nitrogen and oxygen atoms in total. The lowest BCUT2D eigenvalue weighted by atomic mass is 10.3. The minimum atomic E-state index is -3.67. The summed E-state index contributed by atoms with van der Waals surface area (Å²) in [6.07, 6.45) is 0. The van der Waals surface area contributed by atoms with Crippen molar-refractivity contribution in [3.8, 4) is 0 Å². The summed E-state index contributed by atoms with van der Waals surface area (Å²) in [6, 6.07) is 2.47. The summed E-state index contributed by atoms with van der Waals surface area (Å²) in [5, 5.41) is 10.3. The molecule has 0 spiro atoms. The fourth-order valence-electron chi connectivity index (χ4n) is 1.01. The SMILES string of the molecule is CCS(=O)(=O)c1ccc([N+](=O)[O-])cc1F. The van der Waals surface area contributed by atoms with Crippen LogP contribution in [0.5, 0.6) is 0 Å². The Morgan fingerprint density at radius 2 is 2.07 bits per heavy atom. The van der Waals surface area contributed by atoms with Gasteiger partial charge in [-0.1, -0.05) is 6.92 Å². The van der Waals surface area contributed by atoms with E-state index in [2.05, 4.69) is 0 Å². The van der Waals surface area contributed by atoms with E-state index in [1.165, 1.54) is 6.92 Å². The zero-order valence-electron chi connectivity index (χ0n) is 7.81. The number of nitrogens with zero attached hydrogens (tertiary/aromatic N) is 1. The van der Waals surface area contributed by atoms with Gasteiger partial charge in [-0.3, -0.25) is 10.1 Å². The summed E-state index contributed by atoms with van der Waals surface area (Å²) >= 11 is 0. The number of rotatable bonds is 3. The molecule has 0 amide bonds. The molecule has 0 bridgehead atoms. The molecular weight excluding hydrogens is 225 g/mol. The van der Waals surface area contributed by atoms with Crippen molar-refractivity contribution in [2.75, 3.05) is 5.75 Å². The highest BCUT2D eigenvalue weighted by Crippen LogP contribution is 2.21. The Morgan fingerprint density at radius 3 is 2.47 bits per heavy atom. The minimum absolute atomic E-state index is 0.248. The third-order valence-corrected chi connectivity index (χ3v) is 3.60. The van der Waals surface area contributed by atoms with Gasteiger partial charge in [0.25, 0.3) is 5.69 Å². The van der Waals surface area contributed by atoms with Crippen LogP contribution in [0.1, 0.15) is 6.92 Å². The second kappa shape index (κ2) is 3.93. The molecule has 1 aromatic carbocycles. The first-order valence-electron chi connectivity index (χ1n) is 4.05. The summed E-state index contributed by atoms with van der Waals surface area (Å²) < 4.78 is 35.8. The van der Waals surface area contributed by atoms with Gasteiger partial charge in [0, 0.05) is 6.07 Å². The van der Waals surface area contributed by atoms with Gasteiger partial charge < -0.3 is 0 Å². The van der Waals surface area contributed by atoms with E-state index in [4.69, 9.17) is 0 Å². The molecule has 0 unspecified atom stereocenters. The normalized spacial score (nSPS) is 11.3. The average Bonchev–Trinajstić information content (AvgIpc) is 2.17. The molecule has 0 aliphatic heterocycles. The second-order valence-electron chi connectivity index (χ2n) is 2.78. The molecule has 0 saturated heterocycles. The van der Waals surface area contributed by atoms with E-state index in [9.17, 15) is 22.9 Å². The maximum Gasteiger partial charge on any atom is 0.272 e. The first kappa shape index (κ1) is 11.6. The summed E-state index contributed by atoms with van der Waals surface area (Å²) in [4.78, 5) is 8.98. The van der Waals surface area contributed by atoms with Gasteiger partial charge in [-0.05, 0) is 6.07 Å². The van der Waals surface area contributed by atoms with Crippen molar-refractivity contribution in [3.63, 3.8) is 0 Å². The molecule has 0 aliphatic carbocycles. The van der Waals surface area contributed by atoms with Crippen molar-refractivity contribution in [2.24, 2.45) is 0 Å². The van der Waals surface area contributed by atoms with E-state index in [1.807, 2.05) is 0 Å². The summed E-state index contributed by atoms with van der Waals surface area (Å²) in [5.41, 5.74) is -0.470. The second-order valence-corrected chi connectivity index (χ2v) is 5.02. The standard InChI is InChI=1S/C8H8FNO4S/c1-2-15(13,14)8-4-3-6(10(11)12)5-7(8)9/h3-5H,2H2,1H3. The van der Waals surface area contributed by atoms with E-state index in [0.717, 1.165) is 12.1 Å². The van der Waals surface area contributed by atoms with E-state index in [0.29, 0.717) is 6.07 Å². The summed E-state index contributed by atoms with van der Waals surface area (Å²) in [6.45, 7) is 1.37. The number of hydrogen-bond acceptors (Lipinski definition) is 4. The molecule has 0 radical (unpaired) electrons. The largest absolute Gasteiger partial charge is 0.272 e. The van der Waals surface area contributed by atoms with E-state index >= 15 is 0 Å². The van der Waals surface area contributed by atoms with Gasteiger partial charge in [0.2, 0.25) is 0 Å². The van der Waals surface area contributed by atoms with Gasteiger partial charge in [-0.25, -0.2) is 12.8 Å². The lowest BCUT2D eigenvalue weighted by Gasteiger charge is -2.01. The average molecular weight is 233 g/mol. The highest BCUT2D eigenvalue weighted by atomic mass is 32.2. The minimum Gasteiger partial charge on any atom is -0.258 e. The Balaban J connectivity index is 3.32. The van der Waals surface area contributed by atoms with E-state index < -0.39 is 31.2 Å². The van der Waals surface area contributed by atoms with Crippen LogP contribution < -0.4 is 0 Å². The number of benzene rings is 1. The van der Waals surface area contributed by atoms with Crippen LogP contribution in [0, 0.1) is 15.9 Å². The Labute approximate surface area is 85.6 Å². The lowest BCUT2D eigenvalue weighted by molar-refractivity contribution is -0.385.